The van der Waals surface area contributed by atoms with Crippen molar-refractivity contribution >= 4 is 47.7 Å². The van der Waals surface area contributed by atoms with E-state index >= 15 is 0 Å². The van der Waals surface area contributed by atoms with E-state index in [0.717, 1.165) is 12.5 Å². The fourth-order valence-electron chi connectivity index (χ4n) is 3.37. The van der Waals surface area contributed by atoms with Crippen molar-refractivity contribution in [2.24, 2.45) is 0 Å². The molecular weight excluding hydrogens is 502 g/mol. The maximum Gasteiger partial charge on any atom is 0.303 e. The first-order chi connectivity index (χ1) is 14.7. The zero-order valence-corrected chi connectivity index (χ0v) is 20.9. The quantitative estimate of drug-likeness (QED) is 0.324. The topological polar surface area (TPSA) is 206 Å². The summed E-state index contributed by atoms with van der Waals surface area (Å²) in [5, 5.41) is 7.91. The summed E-state index contributed by atoms with van der Waals surface area (Å²) in [6.45, 7) is 6.74. The van der Waals surface area contributed by atoms with Gasteiger partial charge in [-0.05, 0) is 26.3 Å². The van der Waals surface area contributed by atoms with Gasteiger partial charge in [-0.1, -0.05) is 6.92 Å². The third-order valence-corrected chi connectivity index (χ3v) is 7.59. The van der Waals surface area contributed by atoms with Gasteiger partial charge in [0.2, 0.25) is 5.69 Å². The Kier molecular flexibility index (Phi) is 8.96. The van der Waals surface area contributed by atoms with Crippen molar-refractivity contribution in [1.82, 2.24) is 0 Å². The molecule has 2 rings (SSSR count). The fourth-order valence-corrected chi connectivity index (χ4v) is 5.35. The van der Waals surface area contributed by atoms with Crippen LogP contribution in [0.3, 0.4) is 0 Å². The van der Waals surface area contributed by atoms with Crippen LogP contribution in [0, 0.1) is 0 Å². The number of carboxylic acids is 1. The number of carboxylic acid groups (broad SMARTS) is 1. The molecule has 0 aromatic heterocycles. The second-order valence-electron chi connectivity index (χ2n) is 7.89. The van der Waals surface area contributed by atoms with Crippen molar-refractivity contribution < 1.29 is 53.4 Å². The summed E-state index contributed by atoms with van der Waals surface area (Å²) in [6.07, 6.45) is 0.983. The largest absolute Gasteiger partial charge is 0.744 e. The molecule has 0 unspecified atom stereocenters. The van der Waals surface area contributed by atoms with Crippen LogP contribution in [0.1, 0.15) is 52.5 Å². The summed E-state index contributed by atoms with van der Waals surface area (Å²) in [5.74, 6) is -1.27. The van der Waals surface area contributed by atoms with E-state index in [0.29, 0.717) is 18.2 Å². The van der Waals surface area contributed by atoms with E-state index in [1.165, 1.54) is 4.58 Å². The minimum Gasteiger partial charge on any atom is -0.744 e. The summed E-state index contributed by atoms with van der Waals surface area (Å²) >= 11 is 0. The lowest BCUT2D eigenvalue weighted by Crippen LogP contribution is -2.28. The zero-order valence-electron chi connectivity index (χ0n) is 18.5. The van der Waals surface area contributed by atoms with Gasteiger partial charge in [-0.15, -0.1) is 0 Å². The zero-order chi connectivity index (χ0) is 26.0. The molecule has 0 aliphatic carbocycles. The van der Waals surface area contributed by atoms with Gasteiger partial charge in [0.15, 0.2) is 5.71 Å². The van der Waals surface area contributed by atoms with E-state index in [-0.39, 0.29) is 24.2 Å². The number of fused-ring (bicyclic) bond motifs is 1. The van der Waals surface area contributed by atoms with Gasteiger partial charge in [0, 0.05) is 25.8 Å². The molecule has 0 radical (unpaired) electrons. The summed E-state index contributed by atoms with van der Waals surface area (Å²) < 4.78 is 99.8. The number of carbonyl (C=O) groups is 1. The van der Waals surface area contributed by atoms with E-state index in [1.807, 2.05) is 6.92 Å². The molecular formula is C18H27NO11S3. The number of rotatable bonds is 8. The van der Waals surface area contributed by atoms with Crippen LogP contribution in [0.15, 0.2) is 21.9 Å². The molecule has 0 bridgehead atoms. The lowest BCUT2D eigenvalue weighted by atomic mass is 9.82. The average molecular weight is 530 g/mol. The van der Waals surface area contributed by atoms with Crippen LogP contribution in [-0.4, -0.2) is 72.6 Å². The lowest BCUT2D eigenvalue weighted by Gasteiger charge is -2.20. The Morgan fingerprint density at radius 2 is 1.64 bits per heavy atom. The molecule has 12 nitrogen and oxygen atoms in total. The third-order valence-electron chi connectivity index (χ3n) is 5.10. The highest BCUT2D eigenvalue weighted by Gasteiger charge is 2.46. The smallest absolute Gasteiger partial charge is 0.303 e. The first-order valence-corrected chi connectivity index (χ1v) is 14.1. The van der Waals surface area contributed by atoms with Crippen molar-refractivity contribution in [3.63, 3.8) is 0 Å². The molecule has 1 aliphatic rings. The maximum atomic E-state index is 11.7. The van der Waals surface area contributed by atoms with Crippen LogP contribution in [-0.2, 0) is 40.6 Å². The molecule has 188 valence electrons. The molecule has 3 N–H and O–H groups in total. The Bertz CT molecular complexity index is 1280. The van der Waals surface area contributed by atoms with Crippen LogP contribution in [0.5, 0.6) is 0 Å². The Morgan fingerprint density at radius 3 is 2.00 bits per heavy atom. The monoisotopic (exact) mass is 529 g/mol. The van der Waals surface area contributed by atoms with Gasteiger partial charge in [0.1, 0.15) is 21.6 Å². The lowest BCUT2D eigenvalue weighted by molar-refractivity contribution is -0.439. The van der Waals surface area contributed by atoms with Gasteiger partial charge in [-0.2, -0.15) is 21.4 Å². The highest BCUT2D eigenvalue weighted by Crippen LogP contribution is 2.44. The van der Waals surface area contributed by atoms with E-state index in [2.05, 4.69) is 0 Å². The molecule has 0 saturated heterocycles. The summed E-state index contributed by atoms with van der Waals surface area (Å²) in [4.78, 5) is 8.07. The normalized spacial score (nSPS) is 15.6. The number of benzene rings is 1. The fraction of sp³-hybridized carbons (Fsp3) is 0.556. The SMILES string of the molecule is CC1=[N+](CCCS(=O)(=O)O)c2cc(S(=O)(=O)O)cc(S(=O)(=O)[O-])c2C1(C)C.CCCC(=O)O. The van der Waals surface area contributed by atoms with Gasteiger partial charge >= 0.3 is 5.97 Å². The summed E-state index contributed by atoms with van der Waals surface area (Å²) in [6, 6.07) is 1.65. The van der Waals surface area contributed by atoms with Crippen LogP contribution in [0.2, 0.25) is 0 Å². The van der Waals surface area contributed by atoms with Crippen LogP contribution in [0.25, 0.3) is 0 Å². The Labute approximate surface area is 193 Å². The predicted octanol–water partition coefficient (Wildman–Crippen LogP) is 1.38. The molecule has 0 saturated carbocycles. The molecule has 1 heterocycles. The van der Waals surface area contributed by atoms with Crippen LogP contribution >= 0.6 is 0 Å². The van der Waals surface area contributed by atoms with E-state index in [4.69, 9.17) is 9.66 Å². The molecule has 1 aromatic rings. The second kappa shape index (κ2) is 10.1. The Hall–Kier alpha value is -1.91. The predicted molar refractivity (Wildman–Crippen MR) is 116 cm³/mol. The molecule has 15 heteroatoms. The van der Waals surface area contributed by atoms with Gasteiger partial charge in [-0.25, -0.2) is 8.42 Å². The molecule has 0 spiro atoms. The van der Waals surface area contributed by atoms with E-state index in [9.17, 15) is 39.2 Å². The molecule has 33 heavy (non-hydrogen) atoms. The standard InChI is InChI=1S/C14H19NO9S3.C4H8O2/c1-9-14(2,3)13-11(15(9)5-4-6-25(16,17)18)7-10(26(19,20)21)8-12(13)27(22,23)24;1-2-3-4(5)6/h7-8H,4-6H2,1-3H3,(H2-,16,17,18,19,20,21,22,23,24);2-3H2,1H3,(H,5,6). The van der Waals surface area contributed by atoms with Crippen molar-refractivity contribution in [2.75, 3.05) is 12.3 Å². The third kappa shape index (κ3) is 7.55. The maximum absolute atomic E-state index is 11.7. The number of hydrogen-bond donors (Lipinski definition) is 3. The number of hydrogen-bond acceptors (Lipinski definition) is 8. The Morgan fingerprint density at radius 1 is 1.09 bits per heavy atom. The van der Waals surface area contributed by atoms with Crippen molar-refractivity contribution in [2.45, 2.75) is 62.2 Å². The second-order valence-corrected chi connectivity index (χ2v) is 12.2. The first-order valence-electron chi connectivity index (χ1n) is 9.64. The van der Waals surface area contributed by atoms with Crippen LogP contribution < -0.4 is 0 Å². The number of nitrogens with zero attached hydrogens (tertiary/aromatic N) is 1. The van der Waals surface area contributed by atoms with E-state index in [1.54, 1.807) is 20.8 Å². The van der Waals surface area contributed by atoms with Gasteiger partial charge in [0.05, 0.1) is 21.6 Å². The Balaban J connectivity index is 0.000000801. The van der Waals surface area contributed by atoms with Gasteiger partial charge < -0.3 is 9.66 Å². The van der Waals surface area contributed by atoms with Crippen molar-refractivity contribution in [1.29, 1.82) is 0 Å². The summed E-state index contributed by atoms with van der Waals surface area (Å²) in [5.41, 5.74) is -0.297. The van der Waals surface area contributed by atoms with Crippen molar-refractivity contribution in [3.8, 4) is 0 Å². The minimum atomic E-state index is -5.07. The highest BCUT2D eigenvalue weighted by molar-refractivity contribution is 7.86. The average Bonchev–Trinajstić information content (AvgIpc) is 2.79. The molecule has 1 aliphatic heterocycles. The number of aliphatic carboxylic acids is 1. The molecule has 0 atom stereocenters. The molecule has 1 aromatic carbocycles. The summed E-state index contributed by atoms with van der Waals surface area (Å²) in [7, 11) is -14.1. The minimum absolute atomic E-state index is 0.00925. The van der Waals surface area contributed by atoms with Gasteiger partial charge in [-0.3, -0.25) is 13.9 Å². The molecule has 0 fully saturated rings. The van der Waals surface area contributed by atoms with E-state index < -0.39 is 57.3 Å². The van der Waals surface area contributed by atoms with Crippen LogP contribution in [0.4, 0.5) is 5.69 Å². The molecule has 0 amide bonds. The van der Waals surface area contributed by atoms with Crippen molar-refractivity contribution in [3.05, 3.63) is 17.7 Å². The first kappa shape index (κ1) is 29.1. The van der Waals surface area contributed by atoms with Gasteiger partial charge in [0.25, 0.3) is 20.2 Å². The highest BCUT2D eigenvalue weighted by atomic mass is 32.2.